The number of fused-ring (bicyclic) bond motifs is 1. The highest BCUT2D eigenvalue weighted by atomic mass is 79.9. The van der Waals surface area contributed by atoms with Gasteiger partial charge in [-0.05, 0) is 47.9 Å². The molecule has 2 amide bonds. The number of nitrogens with one attached hydrogen (secondary N) is 2. The van der Waals surface area contributed by atoms with Gasteiger partial charge in [0, 0.05) is 11.0 Å². The van der Waals surface area contributed by atoms with Crippen LogP contribution in [0.2, 0.25) is 0 Å². The third-order valence-corrected chi connectivity index (χ3v) is 4.34. The summed E-state index contributed by atoms with van der Waals surface area (Å²) in [5, 5.41) is 5.82. The number of hydrogen-bond donors (Lipinski definition) is 2. The molecular weight excluding hydrogens is 372 g/mol. The van der Waals surface area contributed by atoms with Crippen LogP contribution in [0.15, 0.2) is 46.9 Å². The Kier molecular flexibility index (Phi) is 5.25. The minimum atomic E-state index is -0.199. The number of rotatable bonds is 4. The Balaban J connectivity index is 1.53. The van der Waals surface area contributed by atoms with Crippen LogP contribution < -0.4 is 20.1 Å². The molecule has 0 saturated carbocycles. The topological polar surface area (TPSA) is 59.6 Å². The Morgan fingerprint density at radius 2 is 2.21 bits per heavy atom. The Morgan fingerprint density at radius 1 is 1.33 bits per heavy atom. The van der Waals surface area contributed by atoms with Crippen LogP contribution in [0.5, 0.6) is 11.5 Å². The van der Waals surface area contributed by atoms with Gasteiger partial charge in [-0.1, -0.05) is 28.1 Å². The first-order chi connectivity index (χ1) is 11.6. The van der Waals surface area contributed by atoms with Crippen LogP contribution in [-0.4, -0.2) is 25.8 Å². The third-order valence-electron chi connectivity index (χ3n) is 3.85. The van der Waals surface area contributed by atoms with E-state index in [2.05, 4.69) is 26.6 Å². The first-order valence-corrected chi connectivity index (χ1v) is 8.52. The Morgan fingerprint density at radius 3 is 3.00 bits per heavy atom. The van der Waals surface area contributed by atoms with Gasteiger partial charge >= 0.3 is 6.03 Å². The van der Waals surface area contributed by atoms with Crippen molar-refractivity contribution >= 4 is 22.0 Å². The Labute approximate surface area is 149 Å². The fourth-order valence-electron chi connectivity index (χ4n) is 2.66. The second-order valence-corrected chi connectivity index (χ2v) is 6.56. The number of methoxy groups -OCH3 is 1. The highest BCUT2D eigenvalue weighted by Crippen LogP contribution is 2.28. The van der Waals surface area contributed by atoms with E-state index in [1.807, 2.05) is 42.5 Å². The maximum Gasteiger partial charge on any atom is 0.315 e. The van der Waals surface area contributed by atoms with Crippen molar-refractivity contribution in [3.8, 4) is 11.5 Å². The number of benzene rings is 2. The fraction of sp³-hybridized carbons (Fsp3) is 0.278. The molecule has 0 radical (unpaired) electrons. The smallest absolute Gasteiger partial charge is 0.315 e. The zero-order chi connectivity index (χ0) is 16.9. The predicted molar refractivity (Wildman–Crippen MR) is 95.5 cm³/mol. The van der Waals surface area contributed by atoms with Crippen LogP contribution in [-0.2, 0) is 13.0 Å². The summed E-state index contributed by atoms with van der Waals surface area (Å²) in [6.45, 7) is 0.937. The first-order valence-electron chi connectivity index (χ1n) is 7.72. The van der Waals surface area contributed by atoms with Crippen LogP contribution >= 0.6 is 15.9 Å². The molecule has 1 aliphatic rings. The van der Waals surface area contributed by atoms with Crippen LogP contribution in [0.1, 0.15) is 11.1 Å². The number of urea groups is 1. The van der Waals surface area contributed by atoms with Gasteiger partial charge in [0.2, 0.25) is 0 Å². The van der Waals surface area contributed by atoms with E-state index in [9.17, 15) is 4.79 Å². The molecular formula is C18H19BrN2O3. The molecule has 0 bridgehead atoms. The molecule has 0 spiro atoms. The molecule has 126 valence electrons. The monoisotopic (exact) mass is 390 g/mol. The van der Waals surface area contributed by atoms with Crippen LogP contribution in [0.4, 0.5) is 4.79 Å². The average Bonchev–Trinajstić information content (AvgIpc) is 2.59. The zero-order valence-electron chi connectivity index (χ0n) is 13.3. The molecule has 1 atom stereocenters. The molecule has 0 aliphatic carbocycles. The van der Waals surface area contributed by atoms with E-state index < -0.39 is 0 Å². The summed E-state index contributed by atoms with van der Waals surface area (Å²) in [4.78, 5) is 12.1. The van der Waals surface area contributed by atoms with Crippen LogP contribution in [0.25, 0.3) is 0 Å². The van der Waals surface area contributed by atoms with Crippen molar-refractivity contribution < 1.29 is 14.3 Å². The normalized spacial score (nSPS) is 15.8. The Bertz CT molecular complexity index is 736. The molecule has 2 aromatic carbocycles. The lowest BCUT2D eigenvalue weighted by Crippen LogP contribution is -2.47. The molecule has 2 N–H and O–H groups in total. The van der Waals surface area contributed by atoms with E-state index in [4.69, 9.17) is 9.47 Å². The average molecular weight is 391 g/mol. The molecule has 3 rings (SSSR count). The summed E-state index contributed by atoms with van der Waals surface area (Å²) in [5.41, 5.74) is 2.08. The standard InChI is InChI=1S/C18H19BrN2O3/c1-23-16-5-6-17-13(9-16)8-15(11-24-17)21-18(22)20-10-12-3-2-4-14(19)7-12/h2-7,9,15H,8,10-11H2,1H3,(H2,20,21,22)/t15-/m0/s1. The highest BCUT2D eigenvalue weighted by molar-refractivity contribution is 9.10. The highest BCUT2D eigenvalue weighted by Gasteiger charge is 2.21. The fourth-order valence-corrected chi connectivity index (χ4v) is 3.10. The van der Waals surface area contributed by atoms with Crippen LogP contribution in [0.3, 0.4) is 0 Å². The number of amides is 2. The molecule has 0 aromatic heterocycles. The van der Waals surface area contributed by atoms with Gasteiger partial charge in [0.25, 0.3) is 0 Å². The van der Waals surface area contributed by atoms with E-state index in [0.29, 0.717) is 13.2 Å². The molecule has 0 fully saturated rings. The van der Waals surface area contributed by atoms with Crippen molar-refractivity contribution in [3.05, 3.63) is 58.1 Å². The van der Waals surface area contributed by atoms with E-state index in [1.165, 1.54) is 0 Å². The minimum absolute atomic E-state index is 0.0629. The summed E-state index contributed by atoms with van der Waals surface area (Å²) >= 11 is 3.42. The number of halogens is 1. The number of carbonyl (C=O) groups is 1. The SMILES string of the molecule is COc1ccc2c(c1)C[C@H](NC(=O)NCc1cccc(Br)c1)CO2. The zero-order valence-corrected chi connectivity index (χ0v) is 14.9. The van der Waals surface area contributed by atoms with Gasteiger partial charge < -0.3 is 20.1 Å². The molecule has 24 heavy (non-hydrogen) atoms. The quantitative estimate of drug-likeness (QED) is 0.841. The van der Waals surface area contributed by atoms with Gasteiger partial charge in [0.05, 0.1) is 13.2 Å². The second kappa shape index (κ2) is 7.57. The van der Waals surface area contributed by atoms with Gasteiger partial charge in [0.1, 0.15) is 18.1 Å². The van der Waals surface area contributed by atoms with Crippen molar-refractivity contribution in [2.75, 3.05) is 13.7 Å². The van der Waals surface area contributed by atoms with E-state index in [-0.39, 0.29) is 12.1 Å². The van der Waals surface area contributed by atoms with Crippen molar-refractivity contribution in [1.82, 2.24) is 10.6 Å². The van der Waals surface area contributed by atoms with Gasteiger partial charge in [-0.15, -0.1) is 0 Å². The first kappa shape index (κ1) is 16.6. The van der Waals surface area contributed by atoms with E-state index in [1.54, 1.807) is 7.11 Å². The summed E-state index contributed by atoms with van der Waals surface area (Å²) in [6.07, 6.45) is 0.719. The van der Waals surface area contributed by atoms with Gasteiger partial charge in [-0.25, -0.2) is 4.79 Å². The van der Waals surface area contributed by atoms with Crippen molar-refractivity contribution in [1.29, 1.82) is 0 Å². The van der Waals surface area contributed by atoms with Crippen molar-refractivity contribution in [2.45, 2.75) is 19.0 Å². The molecule has 2 aromatic rings. The van der Waals surface area contributed by atoms with E-state index in [0.717, 1.165) is 33.5 Å². The van der Waals surface area contributed by atoms with E-state index >= 15 is 0 Å². The van der Waals surface area contributed by atoms with Gasteiger partial charge in [-0.3, -0.25) is 0 Å². The lowest BCUT2D eigenvalue weighted by Gasteiger charge is -2.26. The lowest BCUT2D eigenvalue weighted by molar-refractivity contribution is 0.214. The second-order valence-electron chi connectivity index (χ2n) is 5.64. The number of hydrogen-bond acceptors (Lipinski definition) is 3. The molecule has 1 aliphatic heterocycles. The number of carbonyl (C=O) groups excluding carboxylic acids is 1. The summed E-state index contributed by atoms with van der Waals surface area (Å²) in [7, 11) is 1.64. The molecule has 1 heterocycles. The molecule has 6 heteroatoms. The minimum Gasteiger partial charge on any atom is -0.497 e. The largest absolute Gasteiger partial charge is 0.497 e. The summed E-state index contributed by atoms with van der Waals surface area (Å²) in [5.74, 6) is 1.64. The molecule has 0 unspecified atom stereocenters. The Hall–Kier alpha value is -2.21. The maximum atomic E-state index is 12.1. The maximum absolute atomic E-state index is 12.1. The van der Waals surface area contributed by atoms with Crippen molar-refractivity contribution in [3.63, 3.8) is 0 Å². The lowest BCUT2D eigenvalue weighted by atomic mass is 10.0. The van der Waals surface area contributed by atoms with Crippen LogP contribution in [0, 0.1) is 0 Å². The van der Waals surface area contributed by atoms with Crippen molar-refractivity contribution in [2.24, 2.45) is 0 Å². The van der Waals surface area contributed by atoms with Gasteiger partial charge in [0.15, 0.2) is 0 Å². The van der Waals surface area contributed by atoms with Gasteiger partial charge in [-0.2, -0.15) is 0 Å². The molecule has 5 nitrogen and oxygen atoms in total. The number of ether oxygens (including phenoxy) is 2. The summed E-state index contributed by atoms with van der Waals surface area (Å²) in [6, 6.07) is 13.3. The third kappa shape index (κ3) is 4.20. The summed E-state index contributed by atoms with van der Waals surface area (Å²) < 4.78 is 11.9. The predicted octanol–water partition coefficient (Wildman–Crippen LogP) is 3.26. The molecule has 0 saturated heterocycles.